The summed E-state index contributed by atoms with van der Waals surface area (Å²) in [6, 6.07) is 11.2. The number of aliphatic imine (C=N–C) groups is 1. The summed E-state index contributed by atoms with van der Waals surface area (Å²) in [4.78, 5) is 28.9. The van der Waals surface area contributed by atoms with Gasteiger partial charge in [-0.2, -0.15) is 0 Å². The number of carbonyl (C=O) groups is 1. The summed E-state index contributed by atoms with van der Waals surface area (Å²) in [5, 5.41) is 1.35. The second-order valence-corrected chi connectivity index (χ2v) is 8.30. The highest BCUT2D eigenvalue weighted by atomic mass is 35.5. The van der Waals surface area contributed by atoms with Gasteiger partial charge in [-0.15, -0.1) is 0 Å². The first-order chi connectivity index (χ1) is 15.4. The normalized spacial score (nSPS) is 13.3. The number of dihydropyridines is 1. The summed E-state index contributed by atoms with van der Waals surface area (Å²) in [6.07, 6.45) is 5.77. The van der Waals surface area contributed by atoms with Crippen molar-refractivity contribution in [2.75, 3.05) is 18.8 Å². The minimum atomic E-state index is -0.0694. The maximum absolute atomic E-state index is 13.6. The van der Waals surface area contributed by atoms with Crippen LogP contribution in [-0.2, 0) is 13.0 Å². The van der Waals surface area contributed by atoms with E-state index in [0.717, 1.165) is 52.8 Å². The van der Waals surface area contributed by atoms with Gasteiger partial charge >= 0.3 is 0 Å². The van der Waals surface area contributed by atoms with Gasteiger partial charge < -0.3 is 10.6 Å². The maximum atomic E-state index is 13.6. The van der Waals surface area contributed by atoms with Crippen LogP contribution >= 0.6 is 11.6 Å². The molecule has 7 heteroatoms. The summed E-state index contributed by atoms with van der Waals surface area (Å²) in [5.74, 6) is 0.433. The highest BCUT2D eigenvalue weighted by molar-refractivity contribution is 6.29. The average Bonchev–Trinajstić information content (AvgIpc) is 2.80. The monoisotopic (exact) mass is 447 g/mol. The molecule has 32 heavy (non-hydrogen) atoms. The van der Waals surface area contributed by atoms with Crippen molar-refractivity contribution in [2.45, 2.75) is 33.2 Å². The largest absolute Gasteiger partial charge is 0.383 e. The lowest BCUT2D eigenvalue weighted by Crippen LogP contribution is -2.35. The van der Waals surface area contributed by atoms with Gasteiger partial charge in [0.15, 0.2) is 0 Å². The van der Waals surface area contributed by atoms with Crippen LogP contribution in [0.25, 0.3) is 10.9 Å². The van der Waals surface area contributed by atoms with Crippen LogP contribution in [-0.4, -0.2) is 39.6 Å². The van der Waals surface area contributed by atoms with Gasteiger partial charge in [0.1, 0.15) is 11.0 Å². The number of aryl methyl sites for hydroxylation is 2. The molecule has 0 atom stereocenters. The van der Waals surface area contributed by atoms with Gasteiger partial charge in [0.25, 0.3) is 5.91 Å². The predicted octanol–water partition coefficient (Wildman–Crippen LogP) is 4.78. The Labute approximate surface area is 192 Å². The molecule has 2 N–H and O–H groups in total. The third kappa shape index (κ3) is 4.81. The van der Waals surface area contributed by atoms with Crippen molar-refractivity contribution >= 4 is 39.9 Å². The lowest BCUT2D eigenvalue weighted by Gasteiger charge is -2.25. The number of fused-ring (bicyclic) bond motifs is 1. The third-order valence-corrected chi connectivity index (χ3v) is 5.79. The number of nitrogens with zero attached hydrogens (tertiary/aromatic N) is 4. The molecule has 0 unspecified atom stereocenters. The minimum absolute atomic E-state index is 0.0694. The van der Waals surface area contributed by atoms with E-state index in [1.807, 2.05) is 49.1 Å². The van der Waals surface area contributed by atoms with E-state index < -0.39 is 0 Å². The Balaban J connectivity index is 1.69. The molecular formula is C25H26ClN5O. The van der Waals surface area contributed by atoms with E-state index in [0.29, 0.717) is 29.6 Å². The van der Waals surface area contributed by atoms with Gasteiger partial charge in [-0.05, 0) is 67.3 Å². The number of halogens is 1. The third-order valence-electron chi connectivity index (χ3n) is 5.58. The van der Waals surface area contributed by atoms with Crippen molar-refractivity contribution in [3.05, 3.63) is 76.1 Å². The SMILES string of the molecule is CCc1nc(Cl)ccc1CN(CC1=NCCC=C1)C(=O)c1ccc2nc(N)c(C)cc2c1. The van der Waals surface area contributed by atoms with Crippen molar-refractivity contribution in [2.24, 2.45) is 4.99 Å². The van der Waals surface area contributed by atoms with Crippen molar-refractivity contribution < 1.29 is 4.79 Å². The zero-order valence-corrected chi connectivity index (χ0v) is 19.1. The highest BCUT2D eigenvalue weighted by Gasteiger charge is 2.20. The maximum Gasteiger partial charge on any atom is 0.254 e. The number of benzene rings is 1. The molecule has 2 aromatic heterocycles. The number of nitrogen functional groups attached to an aromatic ring is 1. The van der Waals surface area contributed by atoms with Crippen LogP contribution in [0.2, 0.25) is 5.15 Å². The molecule has 1 aliphatic rings. The molecular weight excluding hydrogens is 422 g/mol. The standard InChI is InChI=1S/C25H26ClN5O/c1-3-21-18(8-10-23(26)29-21)14-31(15-20-6-4-5-11-28-20)25(32)17-7-9-22-19(13-17)12-16(2)24(27)30-22/h4,6-10,12-13H,3,5,11,14-15H2,1-2H3,(H2,27,30). The molecule has 4 rings (SSSR count). The molecule has 1 aliphatic heterocycles. The Morgan fingerprint density at radius 1 is 1.16 bits per heavy atom. The molecule has 6 nitrogen and oxygen atoms in total. The zero-order valence-electron chi connectivity index (χ0n) is 18.3. The predicted molar refractivity (Wildman–Crippen MR) is 130 cm³/mol. The van der Waals surface area contributed by atoms with Crippen LogP contribution < -0.4 is 5.73 Å². The van der Waals surface area contributed by atoms with Crippen molar-refractivity contribution in [3.8, 4) is 0 Å². The summed E-state index contributed by atoms with van der Waals surface area (Å²) in [7, 11) is 0. The van der Waals surface area contributed by atoms with Crippen LogP contribution in [0, 0.1) is 6.92 Å². The van der Waals surface area contributed by atoms with E-state index in [4.69, 9.17) is 17.3 Å². The molecule has 1 aromatic carbocycles. The number of rotatable bonds is 6. The van der Waals surface area contributed by atoms with Gasteiger partial charge in [-0.1, -0.05) is 30.7 Å². The number of amides is 1. The number of carbonyl (C=O) groups excluding carboxylic acids is 1. The Kier molecular flexibility index (Phi) is 6.51. The summed E-state index contributed by atoms with van der Waals surface area (Å²) >= 11 is 6.09. The van der Waals surface area contributed by atoms with E-state index in [1.54, 1.807) is 12.1 Å². The van der Waals surface area contributed by atoms with E-state index in [-0.39, 0.29) is 5.91 Å². The van der Waals surface area contributed by atoms with Crippen molar-refractivity contribution in [1.82, 2.24) is 14.9 Å². The molecule has 0 saturated carbocycles. The molecule has 1 amide bonds. The molecule has 0 fully saturated rings. The molecule has 164 valence electrons. The fourth-order valence-corrected chi connectivity index (χ4v) is 3.99. The van der Waals surface area contributed by atoms with Crippen LogP contribution in [0.4, 0.5) is 5.82 Å². The van der Waals surface area contributed by atoms with Crippen LogP contribution in [0.1, 0.15) is 40.5 Å². The highest BCUT2D eigenvalue weighted by Crippen LogP contribution is 2.22. The quantitative estimate of drug-likeness (QED) is 0.551. The van der Waals surface area contributed by atoms with E-state index in [9.17, 15) is 4.79 Å². The molecule has 3 aromatic rings. The number of aromatic nitrogens is 2. The van der Waals surface area contributed by atoms with Gasteiger partial charge in [-0.25, -0.2) is 9.97 Å². The van der Waals surface area contributed by atoms with Gasteiger partial charge in [0.2, 0.25) is 0 Å². The van der Waals surface area contributed by atoms with Crippen LogP contribution in [0.5, 0.6) is 0 Å². The summed E-state index contributed by atoms with van der Waals surface area (Å²) < 4.78 is 0. The summed E-state index contributed by atoms with van der Waals surface area (Å²) in [5.41, 5.74) is 11.0. The Morgan fingerprint density at radius 2 is 2.00 bits per heavy atom. The summed E-state index contributed by atoms with van der Waals surface area (Å²) in [6.45, 7) is 5.55. The van der Waals surface area contributed by atoms with E-state index in [1.165, 1.54) is 0 Å². The molecule has 0 radical (unpaired) electrons. The van der Waals surface area contributed by atoms with E-state index in [2.05, 4.69) is 21.0 Å². The molecule has 3 heterocycles. The first kappa shape index (κ1) is 22.0. The lowest BCUT2D eigenvalue weighted by atomic mass is 10.1. The average molecular weight is 448 g/mol. The lowest BCUT2D eigenvalue weighted by molar-refractivity contribution is 0.0768. The number of hydrogen-bond acceptors (Lipinski definition) is 5. The molecule has 0 spiro atoms. The Morgan fingerprint density at radius 3 is 2.75 bits per heavy atom. The van der Waals surface area contributed by atoms with Gasteiger partial charge in [-0.3, -0.25) is 9.79 Å². The first-order valence-corrected chi connectivity index (χ1v) is 11.1. The first-order valence-electron chi connectivity index (χ1n) is 10.7. The zero-order chi connectivity index (χ0) is 22.7. The second kappa shape index (κ2) is 9.49. The van der Waals surface area contributed by atoms with Gasteiger partial charge in [0.05, 0.1) is 17.8 Å². The fourth-order valence-electron chi connectivity index (χ4n) is 3.82. The smallest absolute Gasteiger partial charge is 0.254 e. The minimum Gasteiger partial charge on any atom is -0.383 e. The number of nitrogens with two attached hydrogens (primary N) is 1. The molecule has 0 saturated heterocycles. The van der Waals surface area contributed by atoms with Crippen LogP contribution in [0.15, 0.2) is 53.5 Å². The molecule has 0 aliphatic carbocycles. The van der Waals surface area contributed by atoms with Gasteiger partial charge in [0, 0.05) is 29.7 Å². The van der Waals surface area contributed by atoms with Crippen molar-refractivity contribution in [3.63, 3.8) is 0 Å². The Hall–Kier alpha value is -3.25. The second-order valence-electron chi connectivity index (χ2n) is 7.92. The van der Waals surface area contributed by atoms with Crippen molar-refractivity contribution in [1.29, 1.82) is 0 Å². The number of hydrogen-bond donors (Lipinski definition) is 1. The molecule has 0 bridgehead atoms. The fraction of sp³-hybridized carbons (Fsp3) is 0.280. The van der Waals surface area contributed by atoms with Crippen LogP contribution in [0.3, 0.4) is 0 Å². The Bertz CT molecular complexity index is 1230. The number of pyridine rings is 2. The topological polar surface area (TPSA) is 84.5 Å². The number of anilines is 1. The van der Waals surface area contributed by atoms with E-state index >= 15 is 0 Å².